The first-order valence-electron chi connectivity index (χ1n) is 5.22. The standard InChI is InChI=1S/C12H20N2/c1-4-14(10(2)3)9-11-7-5-6-8-12(11)13/h5-8,10H,4,9,13H2,1-3H3. The van der Waals surface area contributed by atoms with Crippen molar-refractivity contribution in [3.05, 3.63) is 29.8 Å². The summed E-state index contributed by atoms with van der Waals surface area (Å²) in [5, 5.41) is 0. The van der Waals surface area contributed by atoms with Gasteiger partial charge in [-0.25, -0.2) is 0 Å². The van der Waals surface area contributed by atoms with Gasteiger partial charge in [0.05, 0.1) is 0 Å². The first-order valence-corrected chi connectivity index (χ1v) is 5.22. The molecule has 0 saturated heterocycles. The van der Waals surface area contributed by atoms with Gasteiger partial charge in [-0.15, -0.1) is 0 Å². The van der Waals surface area contributed by atoms with Crippen molar-refractivity contribution in [2.24, 2.45) is 0 Å². The SMILES string of the molecule is CCN(Cc1ccccc1N)C(C)C. The molecule has 0 aliphatic carbocycles. The topological polar surface area (TPSA) is 29.3 Å². The van der Waals surface area contributed by atoms with Crippen molar-refractivity contribution in [1.82, 2.24) is 4.90 Å². The van der Waals surface area contributed by atoms with Crippen LogP contribution in [0.5, 0.6) is 0 Å². The lowest BCUT2D eigenvalue weighted by atomic mass is 10.1. The highest BCUT2D eigenvalue weighted by molar-refractivity contribution is 5.46. The minimum absolute atomic E-state index is 0.569. The van der Waals surface area contributed by atoms with Gasteiger partial charge in [0, 0.05) is 18.3 Å². The summed E-state index contributed by atoms with van der Waals surface area (Å²) in [6, 6.07) is 8.65. The summed E-state index contributed by atoms with van der Waals surface area (Å²) in [5.41, 5.74) is 8.02. The zero-order valence-electron chi connectivity index (χ0n) is 9.33. The van der Waals surface area contributed by atoms with E-state index in [1.54, 1.807) is 0 Å². The number of nitrogen functional groups attached to an aromatic ring is 1. The molecule has 0 aliphatic heterocycles. The molecule has 0 saturated carbocycles. The predicted molar refractivity (Wildman–Crippen MR) is 62.1 cm³/mol. The Labute approximate surface area is 86.7 Å². The molecule has 2 heteroatoms. The molecule has 0 aromatic heterocycles. The fraction of sp³-hybridized carbons (Fsp3) is 0.500. The maximum Gasteiger partial charge on any atom is 0.0359 e. The van der Waals surface area contributed by atoms with E-state index in [9.17, 15) is 0 Å². The van der Waals surface area contributed by atoms with Gasteiger partial charge in [0.15, 0.2) is 0 Å². The highest BCUT2D eigenvalue weighted by Crippen LogP contribution is 2.14. The van der Waals surface area contributed by atoms with E-state index in [4.69, 9.17) is 5.73 Å². The second-order valence-corrected chi connectivity index (χ2v) is 3.86. The summed E-state index contributed by atoms with van der Waals surface area (Å²) >= 11 is 0. The summed E-state index contributed by atoms with van der Waals surface area (Å²) in [5.74, 6) is 0. The lowest BCUT2D eigenvalue weighted by Gasteiger charge is -2.25. The Morgan fingerprint density at radius 3 is 2.43 bits per heavy atom. The van der Waals surface area contributed by atoms with Gasteiger partial charge in [-0.05, 0) is 32.0 Å². The number of nitrogens with two attached hydrogens (primary N) is 1. The zero-order chi connectivity index (χ0) is 10.6. The summed E-state index contributed by atoms with van der Waals surface area (Å²) in [6.45, 7) is 8.61. The molecular weight excluding hydrogens is 172 g/mol. The molecule has 1 aromatic rings. The van der Waals surface area contributed by atoms with Crippen LogP contribution in [0.15, 0.2) is 24.3 Å². The highest BCUT2D eigenvalue weighted by Gasteiger charge is 2.08. The Hall–Kier alpha value is -1.02. The molecular formula is C12H20N2. The molecule has 2 nitrogen and oxygen atoms in total. The van der Waals surface area contributed by atoms with Crippen LogP contribution in [0.2, 0.25) is 0 Å². The quantitative estimate of drug-likeness (QED) is 0.743. The second kappa shape index (κ2) is 5.01. The normalized spacial score (nSPS) is 11.2. The summed E-state index contributed by atoms with van der Waals surface area (Å²) < 4.78 is 0. The molecule has 0 atom stereocenters. The van der Waals surface area contributed by atoms with Gasteiger partial charge < -0.3 is 5.73 Å². The molecule has 2 N–H and O–H groups in total. The van der Waals surface area contributed by atoms with E-state index in [-0.39, 0.29) is 0 Å². The van der Waals surface area contributed by atoms with Gasteiger partial charge >= 0.3 is 0 Å². The van der Waals surface area contributed by atoms with Crippen LogP contribution in [0.3, 0.4) is 0 Å². The van der Waals surface area contributed by atoms with Crippen molar-refractivity contribution < 1.29 is 0 Å². The Kier molecular flexibility index (Phi) is 3.96. The van der Waals surface area contributed by atoms with E-state index in [0.717, 1.165) is 18.8 Å². The summed E-state index contributed by atoms with van der Waals surface area (Å²) in [7, 11) is 0. The zero-order valence-corrected chi connectivity index (χ0v) is 9.33. The van der Waals surface area contributed by atoms with Crippen molar-refractivity contribution in [2.45, 2.75) is 33.4 Å². The number of hydrogen-bond acceptors (Lipinski definition) is 2. The molecule has 0 heterocycles. The van der Waals surface area contributed by atoms with Gasteiger partial charge in [0.2, 0.25) is 0 Å². The van der Waals surface area contributed by atoms with Crippen LogP contribution in [0.4, 0.5) is 5.69 Å². The van der Waals surface area contributed by atoms with E-state index < -0.39 is 0 Å². The van der Waals surface area contributed by atoms with E-state index in [0.29, 0.717) is 6.04 Å². The van der Waals surface area contributed by atoms with Crippen LogP contribution in [-0.4, -0.2) is 17.5 Å². The summed E-state index contributed by atoms with van der Waals surface area (Å²) in [6.07, 6.45) is 0. The van der Waals surface area contributed by atoms with Crippen molar-refractivity contribution >= 4 is 5.69 Å². The molecule has 0 spiro atoms. The largest absolute Gasteiger partial charge is 0.398 e. The number of para-hydroxylation sites is 1. The number of hydrogen-bond donors (Lipinski definition) is 1. The monoisotopic (exact) mass is 192 g/mol. The fourth-order valence-electron chi connectivity index (χ4n) is 1.56. The van der Waals surface area contributed by atoms with Crippen molar-refractivity contribution in [3.8, 4) is 0 Å². The van der Waals surface area contributed by atoms with Crippen molar-refractivity contribution in [2.75, 3.05) is 12.3 Å². The molecule has 14 heavy (non-hydrogen) atoms. The van der Waals surface area contributed by atoms with E-state index >= 15 is 0 Å². The molecule has 0 radical (unpaired) electrons. The van der Waals surface area contributed by atoms with Gasteiger partial charge in [-0.3, -0.25) is 4.90 Å². The minimum atomic E-state index is 0.569. The van der Waals surface area contributed by atoms with Crippen LogP contribution in [0.1, 0.15) is 26.3 Å². The first-order chi connectivity index (χ1) is 6.65. The predicted octanol–water partition coefficient (Wildman–Crippen LogP) is 2.50. The molecule has 0 bridgehead atoms. The number of rotatable bonds is 4. The van der Waals surface area contributed by atoms with Crippen LogP contribution >= 0.6 is 0 Å². The first kappa shape index (κ1) is 11.1. The number of nitrogens with zero attached hydrogens (tertiary/aromatic N) is 1. The average Bonchev–Trinajstić information content (AvgIpc) is 2.16. The van der Waals surface area contributed by atoms with Gasteiger partial charge in [0.1, 0.15) is 0 Å². The Morgan fingerprint density at radius 2 is 1.93 bits per heavy atom. The van der Waals surface area contributed by atoms with Crippen LogP contribution in [0, 0.1) is 0 Å². The average molecular weight is 192 g/mol. The molecule has 0 unspecified atom stereocenters. The van der Waals surface area contributed by atoms with Gasteiger partial charge in [-0.1, -0.05) is 25.1 Å². The fourth-order valence-corrected chi connectivity index (χ4v) is 1.56. The van der Waals surface area contributed by atoms with Crippen LogP contribution in [0.25, 0.3) is 0 Å². The van der Waals surface area contributed by atoms with Gasteiger partial charge in [0.25, 0.3) is 0 Å². The third kappa shape index (κ3) is 2.74. The Bertz CT molecular complexity index is 281. The molecule has 0 fully saturated rings. The molecule has 1 rings (SSSR count). The molecule has 78 valence electrons. The minimum Gasteiger partial charge on any atom is -0.398 e. The van der Waals surface area contributed by atoms with Crippen molar-refractivity contribution in [3.63, 3.8) is 0 Å². The van der Waals surface area contributed by atoms with Crippen LogP contribution < -0.4 is 5.73 Å². The molecule has 1 aromatic carbocycles. The Morgan fingerprint density at radius 1 is 1.29 bits per heavy atom. The second-order valence-electron chi connectivity index (χ2n) is 3.86. The lowest BCUT2D eigenvalue weighted by Crippen LogP contribution is -2.30. The third-order valence-corrected chi connectivity index (χ3v) is 2.57. The van der Waals surface area contributed by atoms with E-state index in [1.165, 1.54) is 5.56 Å². The summed E-state index contributed by atoms with van der Waals surface area (Å²) in [4.78, 5) is 2.39. The van der Waals surface area contributed by atoms with Gasteiger partial charge in [-0.2, -0.15) is 0 Å². The number of anilines is 1. The molecule has 0 amide bonds. The smallest absolute Gasteiger partial charge is 0.0359 e. The van der Waals surface area contributed by atoms with E-state index in [2.05, 4.69) is 31.7 Å². The number of benzene rings is 1. The Balaban J connectivity index is 2.72. The highest BCUT2D eigenvalue weighted by atomic mass is 15.1. The maximum absolute atomic E-state index is 5.90. The van der Waals surface area contributed by atoms with Crippen molar-refractivity contribution in [1.29, 1.82) is 0 Å². The maximum atomic E-state index is 5.90. The lowest BCUT2D eigenvalue weighted by molar-refractivity contribution is 0.225. The van der Waals surface area contributed by atoms with Crippen LogP contribution in [-0.2, 0) is 6.54 Å². The third-order valence-electron chi connectivity index (χ3n) is 2.57. The molecule has 0 aliphatic rings. The van der Waals surface area contributed by atoms with E-state index in [1.807, 2.05) is 18.2 Å².